The summed E-state index contributed by atoms with van der Waals surface area (Å²) in [5.74, 6) is 3.55. The second-order valence-electron chi connectivity index (χ2n) is 5.33. The maximum atomic E-state index is 5.76. The molecule has 0 fully saturated rings. The van der Waals surface area contributed by atoms with Crippen molar-refractivity contribution in [3.63, 3.8) is 0 Å². The van der Waals surface area contributed by atoms with Gasteiger partial charge in [-0.1, -0.05) is 0 Å². The predicted octanol–water partition coefficient (Wildman–Crippen LogP) is 2.33. The molecule has 0 aromatic heterocycles. The number of hydrogen-bond donors (Lipinski definition) is 0. The van der Waals surface area contributed by atoms with Crippen molar-refractivity contribution in [2.24, 2.45) is 15.4 Å². The van der Waals surface area contributed by atoms with E-state index in [0.29, 0.717) is 13.2 Å². The first-order valence-electron chi connectivity index (χ1n) is 6.48. The van der Waals surface area contributed by atoms with Gasteiger partial charge in [-0.05, 0) is 26.4 Å². The molecule has 0 N–H and O–H groups in total. The maximum Gasteiger partial charge on any atom is 0.199 e. The zero-order valence-electron chi connectivity index (χ0n) is 12.0. The molecule has 0 radical (unpaired) electrons. The SMILES string of the molecule is CSC[C@H]1COC(C(C)(C)C2=N[C@@H](CSC)CO2)=N1. The Morgan fingerprint density at radius 1 is 1.00 bits per heavy atom. The minimum absolute atomic E-state index is 0.272. The Kier molecular flexibility index (Phi) is 5.06. The Bertz CT molecular complexity index is 349. The van der Waals surface area contributed by atoms with Crippen LogP contribution in [0.25, 0.3) is 0 Å². The number of rotatable bonds is 6. The molecule has 2 aliphatic heterocycles. The van der Waals surface area contributed by atoms with E-state index in [1.807, 2.05) is 0 Å². The molecule has 2 atom stereocenters. The number of nitrogens with zero attached hydrogens (tertiary/aromatic N) is 2. The van der Waals surface area contributed by atoms with E-state index in [2.05, 4.69) is 36.3 Å². The van der Waals surface area contributed by atoms with Gasteiger partial charge in [0.1, 0.15) is 18.6 Å². The lowest BCUT2D eigenvalue weighted by Crippen LogP contribution is -2.34. The molecule has 0 saturated carbocycles. The number of ether oxygens (including phenoxy) is 2. The molecule has 2 rings (SSSR count). The van der Waals surface area contributed by atoms with Gasteiger partial charge in [-0.25, -0.2) is 9.98 Å². The smallest absolute Gasteiger partial charge is 0.199 e. The zero-order chi connectivity index (χ0) is 13.9. The van der Waals surface area contributed by atoms with Crippen molar-refractivity contribution in [3.05, 3.63) is 0 Å². The Balaban J connectivity index is 2.06. The molecule has 0 aliphatic carbocycles. The van der Waals surface area contributed by atoms with E-state index in [9.17, 15) is 0 Å². The molecule has 0 saturated heterocycles. The first kappa shape index (κ1) is 15.0. The molecule has 0 amide bonds. The highest BCUT2D eigenvalue weighted by Crippen LogP contribution is 2.29. The summed E-state index contributed by atoms with van der Waals surface area (Å²) in [5, 5.41) is 0. The van der Waals surface area contributed by atoms with Crippen LogP contribution in [0, 0.1) is 5.41 Å². The van der Waals surface area contributed by atoms with Crippen molar-refractivity contribution >= 4 is 35.3 Å². The summed E-state index contributed by atoms with van der Waals surface area (Å²) in [5.41, 5.74) is -0.347. The van der Waals surface area contributed by atoms with Gasteiger partial charge in [0.2, 0.25) is 0 Å². The van der Waals surface area contributed by atoms with Crippen LogP contribution < -0.4 is 0 Å². The quantitative estimate of drug-likeness (QED) is 0.755. The molecule has 2 aliphatic rings. The van der Waals surface area contributed by atoms with E-state index in [1.54, 1.807) is 23.5 Å². The summed E-state index contributed by atoms with van der Waals surface area (Å²) in [6.45, 7) is 5.52. The van der Waals surface area contributed by atoms with Gasteiger partial charge in [0, 0.05) is 11.5 Å². The van der Waals surface area contributed by atoms with Crippen LogP contribution in [0.15, 0.2) is 9.98 Å². The Morgan fingerprint density at radius 2 is 1.42 bits per heavy atom. The number of aliphatic imine (C=N–C) groups is 2. The third kappa shape index (κ3) is 3.40. The van der Waals surface area contributed by atoms with Crippen molar-refractivity contribution in [2.45, 2.75) is 25.9 Å². The summed E-state index contributed by atoms with van der Waals surface area (Å²) >= 11 is 3.60. The van der Waals surface area contributed by atoms with E-state index in [0.717, 1.165) is 23.3 Å². The summed E-state index contributed by atoms with van der Waals surface area (Å²) in [6.07, 6.45) is 4.19. The lowest BCUT2D eigenvalue weighted by molar-refractivity contribution is 0.268. The minimum atomic E-state index is -0.347. The fourth-order valence-corrected chi connectivity index (χ4v) is 3.27. The van der Waals surface area contributed by atoms with Crippen molar-refractivity contribution < 1.29 is 9.47 Å². The second kappa shape index (κ2) is 6.39. The van der Waals surface area contributed by atoms with Gasteiger partial charge in [-0.15, -0.1) is 0 Å². The van der Waals surface area contributed by atoms with Gasteiger partial charge in [-0.2, -0.15) is 23.5 Å². The van der Waals surface area contributed by atoms with Crippen molar-refractivity contribution in [1.29, 1.82) is 0 Å². The van der Waals surface area contributed by atoms with Gasteiger partial charge in [-0.3, -0.25) is 0 Å². The standard InChI is InChI=1S/C13H22N2O2S2/c1-13(2,11-14-9(5-16-11)7-18-3)12-15-10(6-17-12)8-19-4/h9-10H,5-8H2,1-4H3/t9-,10-/m1/s1. The lowest BCUT2D eigenvalue weighted by atomic mass is 9.93. The average Bonchev–Trinajstić information content (AvgIpc) is 2.99. The summed E-state index contributed by atoms with van der Waals surface area (Å²) < 4.78 is 11.5. The summed E-state index contributed by atoms with van der Waals surface area (Å²) in [7, 11) is 0. The third-order valence-corrected chi connectivity index (χ3v) is 4.65. The first-order chi connectivity index (χ1) is 9.07. The van der Waals surface area contributed by atoms with Crippen LogP contribution in [-0.4, -0.2) is 61.1 Å². The lowest BCUT2D eigenvalue weighted by Gasteiger charge is -2.22. The summed E-state index contributed by atoms with van der Waals surface area (Å²) in [4.78, 5) is 9.35. The minimum Gasteiger partial charge on any atom is -0.478 e. The molecule has 108 valence electrons. The second-order valence-corrected chi connectivity index (χ2v) is 7.16. The largest absolute Gasteiger partial charge is 0.478 e. The van der Waals surface area contributed by atoms with E-state index < -0.39 is 0 Å². The molecule has 0 unspecified atom stereocenters. The highest BCUT2D eigenvalue weighted by atomic mass is 32.2. The normalized spacial score (nSPS) is 26.7. The van der Waals surface area contributed by atoms with Crippen LogP contribution in [-0.2, 0) is 9.47 Å². The number of hydrogen-bond acceptors (Lipinski definition) is 6. The topological polar surface area (TPSA) is 43.2 Å². The van der Waals surface area contributed by atoms with Crippen LogP contribution in [0.2, 0.25) is 0 Å². The molecule has 0 aromatic carbocycles. The van der Waals surface area contributed by atoms with Crippen LogP contribution >= 0.6 is 23.5 Å². The molecule has 19 heavy (non-hydrogen) atoms. The van der Waals surface area contributed by atoms with Gasteiger partial charge in [0.25, 0.3) is 0 Å². The van der Waals surface area contributed by atoms with Crippen LogP contribution in [0.3, 0.4) is 0 Å². The molecule has 0 bridgehead atoms. The van der Waals surface area contributed by atoms with E-state index >= 15 is 0 Å². The van der Waals surface area contributed by atoms with Crippen molar-refractivity contribution in [2.75, 3.05) is 37.2 Å². The zero-order valence-corrected chi connectivity index (χ0v) is 13.6. The van der Waals surface area contributed by atoms with Crippen molar-refractivity contribution in [3.8, 4) is 0 Å². The van der Waals surface area contributed by atoms with Gasteiger partial charge >= 0.3 is 0 Å². The van der Waals surface area contributed by atoms with E-state index in [-0.39, 0.29) is 17.5 Å². The molecular formula is C13H22N2O2S2. The van der Waals surface area contributed by atoms with E-state index in [4.69, 9.17) is 9.47 Å². The van der Waals surface area contributed by atoms with Gasteiger partial charge in [0.05, 0.1) is 12.1 Å². The third-order valence-electron chi connectivity index (χ3n) is 3.21. The van der Waals surface area contributed by atoms with Gasteiger partial charge in [0.15, 0.2) is 11.8 Å². The fraction of sp³-hybridized carbons (Fsp3) is 0.846. The molecule has 4 nitrogen and oxygen atoms in total. The predicted molar refractivity (Wildman–Crippen MR) is 84.9 cm³/mol. The number of thioether (sulfide) groups is 2. The molecule has 0 spiro atoms. The Hall–Kier alpha value is -0.360. The average molecular weight is 302 g/mol. The molecule has 2 heterocycles. The Labute approximate surface area is 123 Å². The van der Waals surface area contributed by atoms with Crippen LogP contribution in [0.1, 0.15) is 13.8 Å². The highest BCUT2D eigenvalue weighted by molar-refractivity contribution is 7.98. The first-order valence-corrected chi connectivity index (χ1v) is 9.26. The molecular weight excluding hydrogens is 280 g/mol. The fourth-order valence-electron chi connectivity index (χ4n) is 2.16. The monoisotopic (exact) mass is 302 g/mol. The Morgan fingerprint density at radius 3 is 1.79 bits per heavy atom. The maximum absolute atomic E-state index is 5.76. The van der Waals surface area contributed by atoms with E-state index in [1.165, 1.54) is 0 Å². The highest BCUT2D eigenvalue weighted by Gasteiger charge is 2.41. The van der Waals surface area contributed by atoms with Crippen molar-refractivity contribution in [1.82, 2.24) is 0 Å². The molecule has 6 heteroatoms. The van der Waals surface area contributed by atoms with Gasteiger partial charge < -0.3 is 9.47 Å². The van der Waals surface area contributed by atoms with Crippen LogP contribution in [0.4, 0.5) is 0 Å². The van der Waals surface area contributed by atoms with Crippen LogP contribution in [0.5, 0.6) is 0 Å². The molecule has 0 aromatic rings. The summed E-state index contributed by atoms with van der Waals surface area (Å²) in [6, 6.07) is 0.543.